The Kier molecular flexibility index (Phi) is 5.60. The van der Waals surface area contributed by atoms with Crippen molar-refractivity contribution >= 4 is 5.97 Å². The second-order valence-electron chi connectivity index (χ2n) is 5.93. The largest absolute Gasteiger partial charge is 0.451 e. The second-order valence-corrected chi connectivity index (χ2v) is 5.93. The zero-order valence-electron chi connectivity index (χ0n) is 13.9. The molecule has 0 aliphatic heterocycles. The lowest BCUT2D eigenvalue weighted by Gasteiger charge is -2.21. The van der Waals surface area contributed by atoms with Crippen LogP contribution >= 0.6 is 0 Å². The van der Waals surface area contributed by atoms with Crippen molar-refractivity contribution in [3.8, 4) is 0 Å². The molecule has 1 atom stereocenters. The van der Waals surface area contributed by atoms with E-state index in [0.29, 0.717) is 6.42 Å². The Morgan fingerprint density at radius 3 is 1.68 bits per heavy atom. The molecule has 3 aromatic rings. The van der Waals surface area contributed by atoms with Crippen LogP contribution < -0.4 is 5.73 Å². The highest BCUT2D eigenvalue weighted by molar-refractivity contribution is 5.76. The maximum Gasteiger partial charge on any atom is 0.324 e. The minimum absolute atomic E-state index is 0.401. The molecule has 0 spiro atoms. The SMILES string of the molecule is N[C@H](Cc1ccccc1)C(=O)OC(c1ccccc1)c1ccccc1. The van der Waals surface area contributed by atoms with Crippen molar-refractivity contribution in [3.05, 3.63) is 108 Å². The van der Waals surface area contributed by atoms with Gasteiger partial charge in [-0.1, -0.05) is 91.0 Å². The van der Waals surface area contributed by atoms with Gasteiger partial charge in [-0.2, -0.15) is 0 Å². The molecule has 0 bridgehead atoms. The number of carbonyl (C=O) groups excluding carboxylic acids is 1. The third-order valence-corrected chi connectivity index (χ3v) is 4.04. The number of ether oxygens (including phenoxy) is 1. The summed E-state index contributed by atoms with van der Waals surface area (Å²) in [5.41, 5.74) is 8.95. The molecule has 0 unspecified atom stereocenters. The molecule has 0 fully saturated rings. The number of hydrogen-bond acceptors (Lipinski definition) is 3. The highest BCUT2D eigenvalue weighted by Gasteiger charge is 2.23. The molecule has 0 saturated carbocycles. The summed E-state index contributed by atoms with van der Waals surface area (Å²) in [6.45, 7) is 0. The molecule has 0 aromatic heterocycles. The first-order valence-electron chi connectivity index (χ1n) is 8.34. The van der Waals surface area contributed by atoms with Gasteiger partial charge in [-0.3, -0.25) is 4.79 Å². The molecular formula is C22H21NO2. The summed E-state index contributed by atoms with van der Waals surface area (Å²) in [6, 6.07) is 28.4. The number of carbonyl (C=O) groups is 1. The molecule has 3 nitrogen and oxygen atoms in total. The quantitative estimate of drug-likeness (QED) is 0.697. The zero-order valence-corrected chi connectivity index (χ0v) is 13.9. The van der Waals surface area contributed by atoms with Crippen molar-refractivity contribution in [1.82, 2.24) is 0 Å². The maximum atomic E-state index is 12.6. The Balaban J connectivity index is 1.77. The third kappa shape index (κ3) is 4.55. The standard InChI is InChI=1S/C22H21NO2/c23-20(16-17-10-4-1-5-11-17)22(24)25-21(18-12-6-2-7-13-18)19-14-8-3-9-15-19/h1-15,20-21H,16,23H2/t20-/m1/s1. The lowest BCUT2D eigenvalue weighted by molar-refractivity contribution is -0.149. The van der Waals surface area contributed by atoms with E-state index in [1.165, 1.54) is 0 Å². The van der Waals surface area contributed by atoms with Gasteiger partial charge in [0.05, 0.1) is 0 Å². The summed E-state index contributed by atoms with van der Waals surface area (Å²) >= 11 is 0. The van der Waals surface area contributed by atoms with E-state index in [-0.39, 0.29) is 0 Å². The number of esters is 1. The zero-order chi connectivity index (χ0) is 17.5. The first kappa shape index (κ1) is 16.9. The van der Waals surface area contributed by atoms with Gasteiger partial charge in [0.25, 0.3) is 0 Å². The highest BCUT2D eigenvalue weighted by Crippen LogP contribution is 2.26. The molecule has 2 N–H and O–H groups in total. The summed E-state index contributed by atoms with van der Waals surface area (Å²) in [5, 5.41) is 0. The topological polar surface area (TPSA) is 52.3 Å². The van der Waals surface area contributed by atoms with Crippen LogP contribution in [-0.2, 0) is 16.0 Å². The van der Waals surface area contributed by atoms with Crippen molar-refractivity contribution < 1.29 is 9.53 Å². The highest BCUT2D eigenvalue weighted by atomic mass is 16.5. The molecule has 25 heavy (non-hydrogen) atoms. The van der Waals surface area contributed by atoms with Gasteiger partial charge in [-0.25, -0.2) is 0 Å². The fraction of sp³-hybridized carbons (Fsp3) is 0.136. The van der Waals surface area contributed by atoms with Crippen LogP contribution in [0, 0.1) is 0 Å². The predicted octanol–water partition coefficient (Wildman–Crippen LogP) is 3.89. The van der Waals surface area contributed by atoms with Crippen LogP contribution in [-0.4, -0.2) is 12.0 Å². The molecule has 3 aromatic carbocycles. The van der Waals surface area contributed by atoms with E-state index in [4.69, 9.17) is 10.5 Å². The van der Waals surface area contributed by atoms with E-state index in [2.05, 4.69) is 0 Å². The van der Waals surface area contributed by atoms with Gasteiger partial charge in [0, 0.05) is 0 Å². The van der Waals surface area contributed by atoms with Gasteiger partial charge < -0.3 is 10.5 Å². The fourth-order valence-corrected chi connectivity index (χ4v) is 2.74. The van der Waals surface area contributed by atoms with E-state index in [1.807, 2.05) is 91.0 Å². The lowest BCUT2D eigenvalue weighted by Crippen LogP contribution is -2.35. The number of nitrogens with two attached hydrogens (primary N) is 1. The number of hydrogen-bond donors (Lipinski definition) is 1. The Labute approximate surface area is 148 Å². The van der Waals surface area contributed by atoms with Gasteiger partial charge in [-0.05, 0) is 23.1 Å². The molecule has 126 valence electrons. The second kappa shape index (κ2) is 8.27. The summed E-state index contributed by atoms with van der Waals surface area (Å²) in [4.78, 5) is 12.6. The van der Waals surface area contributed by atoms with Crippen molar-refractivity contribution in [3.63, 3.8) is 0 Å². The number of rotatable bonds is 6. The minimum Gasteiger partial charge on any atom is -0.451 e. The van der Waals surface area contributed by atoms with E-state index in [0.717, 1.165) is 16.7 Å². The molecule has 0 aliphatic rings. The fourth-order valence-electron chi connectivity index (χ4n) is 2.74. The predicted molar refractivity (Wildman–Crippen MR) is 98.9 cm³/mol. The van der Waals surface area contributed by atoms with Crippen molar-refractivity contribution in [1.29, 1.82) is 0 Å². The first-order chi connectivity index (χ1) is 12.2. The smallest absolute Gasteiger partial charge is 0.324 e. The Hall–Kier alpha value is -2.91. The average molecular weight is 331 g/mol. The monoisotopic (exact) mass is 331 g/mol. The van der Waals surface area contributed by atoms with E-state index >= 15 is 0 Å². The summed E-state index contributed by atoms with van der Waals surface area (Å²) < 4.78 is 5.79. The molecule has 0 saturated heterocycles. The Morgan fingerprint density at radius 1 is 0.760 bits per heavy atom. The van der Waals surface area contributed by atoms with E-state index in [1.54, 1.807) is 0 Å². The van der Waals surface area contributed by atoms with Gasteiger partial charge in [0.15, 0.2) is 6.10 Å². The molecular weight excluding hydrogens is 310 g/mol. The minimum atomic E-state index is -0.697. The first-order valence-corrected chi connectivity index (χ1v) is 8.34. The lowest BCUT2D eigenvalue weighted by atomic mass is 10.0. The van der Waals surface area contributed by atoms with Crippen molar-refractivity contribution in [2.75, 3.05) is 0 Å². The van der Waals surface area contributed by atoms with Gasteiger partial charge in [-0.15, -0.1) is 0 Å². The molecule has 0 amide bonds. The third-order valence-electron chi connectivity index (χ3n) is 4.04. The van der Waals surface area contributed by atoms with E-state index in [9.17, 15) is 4.79 Å². The summed E-state index contributed by atoms with van der Waals surface area (Å²) in [7, 11) is 0. The molecule has 0 aliphatic carbocycles. The molecule has 0 heterocycles. The Bertz CT molecular complexity index is 749. The maximum absolute atomic E-state index is 12.6. The van der Waals surface area contributed by atoms with Crippen LogP contribution in [0.2, 0.25) is 0 Å². The van der Waals surface area contributed by atoms with Crippen LogP contribution in [0.3, 0.4) is 0 Å². The van der Waals surface area contributed by atoms with Gasteiger partial charge in [0.2, 0.25) is 0 Å². The van der Waals surface area contributed by atoms with Crippen molar-refractivity contribution in [2.45, 2.75) is 18.6 Å². The van der Waals surface area contributed by atoms with Crippen LogP contribution in [0.4, 0.5) is 0 Å². The molecule has 3 rings (SSSR count). The van der Waals surface area contributed by atoms with E-state index < -0.39 is 18.1 Å². The van der Waals surface area contributed by atoms with Gasteiger partial charge >= 0.3 is 5.97 Å². The van der Waals surface area contributed by atoms with Crippen molar-refractivity contribution in [2.24, 2.45) is 5.73 Å². The Morgan fingerprint density at radius 2 is 1.20 bits per heavy atom. The average Bonchev–Trinajstić information content (AvgIpc) is 2.68. The van der Waals surface area contributed by atoms with Crippen LogP contribution in [0.5, 0.6) is 0 Å². The van der Waals surface area contributed by atoms with Crippen LogP contribution in [0.15, 0.2) is 91.0 Å². The molecule has 0 radical (unpaired) electrons. The molecule has 3 heteroatoms. The van der Waals surface area contributed by atoms with Crippen LogP contribution in [0.25, 0.3) is 0 Å². The number of benzene rings is 3. The van der Waals surface area contributed by atoms with Gasteiger partial charge in [0.1, 0.15) is 6.04 Å². The summed E-state index contributed by atoms with van der Waals surface area (Å²) in [5.74, 6) is -0.401. The normalized spacial score (nSPS) is 11.9. The summed E-state index contributed by atoms with van der Waals surface area (Å²) in [6.07, 6.45) is -0.00703. The van der Waals surface area contributed by atoms with Crippen LogP contribution in [0.1, 0.15) is 22.8 Å².